The number of carbonyl (C=O) groups excluding carboxylic acids is 2. The van der Waals surface area contributed by atoms with E-state index in [0.717, 1.165) is 0 Å². The lowest BCUT2D eigenvalue weighted by atomic mass is 9.53. The number of aliphatic hydroxyl groups is 1. The Hall–Kier alpha value is -3.14. The van der Waals surface area contributed by atoms with Crippen molar-refractivity contribution in [1.82, 2.24) is 0 Å². The molecule has 3 saturated heterocycles. The highest BCUT2D eigenvalue weighted by atomic mass is 16.9. The standard InChI is InChI=1S/C34H34O8/c1-17(2)32-27(38-30(37)20-12-8-6-9-13-20)19(4)33-22-16-18(3)25(35)23(22)26(36)31(5)28(39-31)24(33)29(32)40-34(41-32,42-33)21-14-10-7-11-15-21/h6-16,19,22-24,26-29,36H,1H2,2-5H3. The smallest absolute Gasteiger partial charge is 0.338 e. The number of Topliss-reactive ketones (excluding diaryl/α,β-unsaturated/α-hetero) is 1. The highest BCUT2D eigenvalue weighted by Crippen LogP contribution is 2.73. The molecule has 0 spiro atoms. The number of aliphatic hydroxyl groups excluding tert-OH is 1. The molecule has 1 N–H and O–H groups in total. The summed E-state index contributed by atoms with van der Waals surface area (Å²) in [5.41, 5.74) is -1.19. The fourth-order valence-corrected chi connectivity index (χ4v) is 8.94. The minimum Gasteiger partial charge on any atom is -0.455 e. The first-order valence-corrected chi connectivity index (χ1v) is 14.7. The van der Waals surface area contributed by atoms with Crippen molar-refractivity contribution in [2.45, 2.75) is 74.9 Å². The lowest BCUT2D eigenvalue weighted by Crippen LogP contribution is -2.75. The molecule has 12 atom stereocenters. The number of ether oxygens (including phenoxy) is 5. The number of allylic oxidation sites excluding steroid dienone is 1. The molecule has 3 aliphatic heterocycles. The summed E-state index contributed by atoms with van der Waals surface area (Å²) in [5, 5.41) is 11.7. The van der Waals surface area contributed by atoms with Crippen LogP contribution in [0.25, 0.3) is 0 Å². The van der Waals surface area contributed by atoms with E-state index >= 15 is 0 Å². The van der Waals surface area contributed by atoms with Crippen LogP contribution in [0.4, 0.5) is 0 Å². The molecule has 8 nitrogen and oxygen atoms in total. The van der Waals surface area contributed by atoms with Gasteiger partial charge in [-0.05, 0) is 44.1 Å². The Balaban J connectivity index is 1.38. The monoisotopic (exact) mass is 570 g/mol. The molecule has 12 unspecified atom stereocenters. The van der Waals surface area contributed by atoms with E-state index in [0.29, 0.717) is 22.3 Å². The minimum atomic E-state index is -1.66. The first-order chi connectivity index (χ1) is 20.0. The third-order valence-electron chi connectivity index (χ3n) is 11.0. The van der Waals surface area contributed by atoms with Crippen molar-refractivity contribution in [2.75, 3.05) is 0 Å². The van der Waals surface area contributed by atoms with Crippen LogP contribution < -0.4 is 0 Å². The average Bonchev–Trinajstić information content (AvgIpc) is 3.50. The van der Waals surface area contributed by atoms with E-state index in [2.05, 4.69) is 6.58 Å². The highest BCUT2D eigenvalue weighted by molar-refractivity contribution is 6.00. The number of hydrogen-bond donors (Lipinski definition) is 1. The first kappa shape index (κ1) is 26.5. The van der Waals surface area contributed by atoms with E-state index < -0.39 is 76.8 Å². The maximum absolute atomic E-state index is 13.7. The van der Waals surface area contributed by atoms with E-state index in [9.17, 15) is 14.7 Å². The van der Waals surface area contributed by atoms with Gasteiger partial charge in [0.1, 0.15) is 17.8 Å². The summed E-state index contributed by atoms with van der Waals surface area (Å²) in [4.78, 5) is 27.4. The molecule has 5 fully saturated rings. The van der Waals surface area contributed by atoms with E-state index in [1.54, 1.807) is 31.2 Å². The molecule has 42 heavy (non-hydrogen) atoms. The third-order valence-corrected chi connectivity index (χ3v) is 11.0. The normalized spacial score (nSPS) is 47.5. The summed E-state index contributed by atoms with van der Waals surface area (Å²) in [6, 6.07) is 18.2. The van der Waals surface area contributed by atoms with Crippen LogP contribution in [0.2, 0.25) is 0 Å². The Bertz CT molecular complexity index is 1550. The van der Waals surface area contributed by atoms with E-state index in [1.807, 2.05) is 63.2 Å². The number of esters is 1. The maximum Gasteiger partial charge on any atom is 0.338 e. The van der Waals surface area contributed by atoms with Gasteiger partial charge in [-0.3, -0.25) is 4.79 Å². The van der Waals surface area contributed by atoms with Gasteiger partial charge in [-0.2, -0.15) is 0 Å². The fraction of sp³-hybridized carbons (Fsp3) is 0.471. The molecule has 8 rings (SSSR count). The van der Waals surface area contributed by atoms with Gasteiger partial charge in [0.25, 0.3) is 0 Å². The van der Waals surface area contributed by atoms with Gasteiger partial charge in [0.2, 0.25) is 0 Å². The molecule has 0 amide bonds. The van der Waals surface area contributed by atoms with E-state index in [4.69, 9.17) is 23.7 Å². The van der Waals surface area contributed by atoms with Crippen molar-refractivity contribution in [3.8, 4) is 0 Å². The van der Waals surface area contributed by atoms with Gasteiger partial charge in [0, 0.05) is 23.3 Å². The molecule has 0 aromatic heterocycles. The van der Waals surface area contributed by atoms with Crippen molar-refractivity contribution in [2.24, 2.45) is 23.7 Å². The molecule has 2 aromatic carbocycles. The van der Waals surface area contributed by atoms with E-state index in [-0.39, 0.29) is 5.78 Å². The second kappa shape index (κ2) is 8.27. The van der Waals surface area contributed by atoms with Crippen molar-refractivity contribution in [3.05, 3.63) is 95.6 Å². The summed E-state index contributed by atoms with van der Waals surface area (Å²) in [7, 11) is 0. The summed E-state index contributed by atoms with van der Waals surface area (Å²) in [6.07, 6.45) is -1.20. The van der Waals surface area contributed by atoms with Crippen LogP contribution in [0.1, 0.15) is 43.6 Å². The van der Waals surface area contributed by atoms with Gasteiger partial charge in [-0.15, -0.1) is 0 Å². The molecule has 218 valence electrons. The molecular weight excluding hydrogens is 536 g/mol. The number of hydrogen-bond acceptors (Lipinski definition) is 8. The van der Waals surface area contributed by atoms with Gasteiger partial charge < -0.3 is 28.8 Å². The maximum atomic E-state index is 13.7. The van der Waals surface area contributed by atoms with Crippen molar-refractivity contribution in [1.29, 1.82) is 0 Å². The molecule has 0 radical (unpaired) electrons. The number of fused-ring (bicyclic) bond motifs is 3. The Morgan fingerprint density at radius 1 is 1.00 bits per heavy atom. The van der Waals surface area contributed by atoms with Crippen molar-refractivity contribution in [3.63, 3.8) is 0 Å². The van der Waals surface area contributed by atoms with E-state index in [1.165, 1.54) is 0 Å². The summed E-state index contributed by atoms with van der Waals surface area (Å²) >= 11 is 0. The van der Waals surface area contributed by atoms with Crippen molar-refractivity contribution >= 4 is 11.8 Å². The second-order valence-electron chi connectivity index (χ2n) is 13.0. The predicted octanol–water partition coefficient (Wildman–Crippen LogP) is 4.08. The number of carbonyl (C=O) groups is 2. The molecule has 8 heteroatoms. The predicted molar refractivity (Wildman–Crippen MR) is 149 cm³/mol. The topological polar surface area (TPSA) is 104 Å². The van der Waals surface area contributed by atoms with Gasteiger partial charge in [0.15, 0.2) is 11.4 Å². The number of ketones is 1. The molecule has 2 saturated carbocycles. The van der Waals surface area contributed by atoms with Gasteiger partial charge in [-0.25, -0.2) is 4.79 Å². The number of benzene rings is 2. The zero-order valence-corrected chi connectivity index (χ0v) is 24.0. The molecule has 3 heterocycles. The lowest BCUT2D eigenvalue weighted by Gasteiger charge is -2.60. The van der Waals surface area contributed by atoms with Crippen LogP contribution in [0.5, 0.6) is 0 Å². The summed E-state index contributed by atoms with van der Waals surface area (Å²) in [6.45, 7) is 11.8. The first-order valence-electron chi connectivity index (χ1n) is 14.7. The van der Waals surface area contributed by atoms with Gasteiger partial charge in [-0.1, -0.05) is 68.1 Å². The van der Waals surface area contributed by atoms with Crippen LogP contribution in [0.3, 0.4) is 0 Å². The van der Waals surface area contributed by atoms with Gasteiger partial charge in [0.05, 0.1) is 29.3 Å². The van der Waals surface area contributed by atoms with Gasteiger partial charge >= 0.3 is 11.9 Å². The minimum absolute atomic E-state index is 0.128. The largest absolute Gasteiger partial charge is 0.455 e. The van der Waals surface area contributed by atoms with Crippen LogP contribution >= 0.6 is 0 Å². The highest BCUT2D eigenvalue weighted by Gasteiger charge is 2.88. The number of rotatable bonds is 4. The zero-order valence-electron chi connectivity index (χ0n) is 24.0. The van der Waals surface area contributed by atoms with Crippen LogP contribution in [0.15, 0.2) is 84.5 Å². The molecular formula is C34H34O8. The van der Waals surface area contributed by atoms with Crippen molar-refractivity contribution < 1.29 is 38.4 Å². The average molecular weight is 571 g/mol. The van der Waals surface area contributed by atoms with Crippen LogP contribution in [-0.4, -0.2) is 58.1 Å². The molecule has 3 aliphatic carbocycles. The van der Waals surface area contributed by atoms with Crippen LogP contribution in [-0.2, 0) is 34.5 Å². The SMILES string of the molecule is C=C(C)C12OC3(c4ccccc4)OC1C1C4OC4(C)C(O)C4C(=O)C(C)=CC4C1(O3)C(C)C2OC(=O)c1ccccc1. The molecule has 3 bridgehead atoms. The lowest BCUT2D eigenvalue weighted by molar-refractivity contribution is -0.437. The quantitative estimate of drug-likeness (QED) is 0.333. The Kier molecular flexibility index (Phi) is 5.22. The molecule has 6 aliphatic rings. The third kappa shape index (κ3) is 2.95. The Labute approximate surface area is 244 Å². The fourth-order valence-electron chi connectivity index (χ4n) is 8.94. The zero-order chi connectivity index (χ0) is 29.4. The second-order valence-corrected chi connectivity index (χ2v) is 13.0. The summed E-state index contributed by atoms with van der Waals surface area (Å²) < 4.78 is 33.9. The van der Waals surface area contributed by atoms with Crippen LogP contribution in [0, 0.1) is 23.7 Å². The Morgan fingerprint density at radius 3 is 2.33 bits per heavy atom. The summed E-state index contributed by atoms with van der Waals surface area (Å²) in [5.74, 6) is -4.60. The number of epoxide rings is 1. The Morgan fingerprint density at radius 2 is 1.67 bits per heavy atom. The molecule has 2 aromatic rings.